The SMILES string of the molecule is CCCNc1cc(OC(F)F)c(-c2c(Cl)c(C(=O)NCC3CCC(S(C)(=O)=O)CC3)nn2CC)cn1. The molecule has 0 unspecified atom stereocenters. The molecule has 9 nitrogen and oxygen atoms in total. The maximum absolute atomic E-state index is 13.2. The van der Waals surface area contributed by atoms with Gasteiger partial charge in [-0.15, -0.1) is 0 Å². The smallest absolute Gasteiger partial charge is 0.387 e. The molecule has 0 aromatic carbocycles. The van der Waals surface area contributed by atoms with Gasteiger partial charge in [0.2, 0.25) is 0 Å². The lowest BCUT2D eigenvalue weighted by Gasteiger charge is -2.27. The van der Waals surface area contributed by atoms with E-state index in [1.807, 2.05) is 6.92 Å². The molecule has 3 rings (SSSR count). The summed E-state index contributed by atoms with van der Waals surface area (Å²) in [4.78, 5) is 17.2. The zero-order chi connectivity index (χ0) is 26.5. The Balaban J connectivity index is 1.80. The van der Waals surface area contributed by atoms with Crippen molar-refractivity contribution < 1.29 is 26.7 Å². The van der Waals surface area contributed by atoms with Gasteiger partial charge in [0, 0.05) is 38.2 Å². The number of nitrogens with zero attached hydrogens (tertiary/aromatic N) is 3. The van der Waals surface area contributed by atoms with Crippen LogP contribution >= 0.6 is 11.6 Å². The molecule has 2 N–H and O–H groups in total. The number of aryl methyl sites for hydroxylation is 1. The van der Waals surface area contributed by atoms with Crippen molar-refractivity contribution in [3.05, 3.63) is 23.0 Å². The van der Waals surface area contributed by atoms with Gasteiger partial charge in [-0.2, -0.15) is 13.9 Å². The molecule has 0 radical (unpaired) electrons. The maximum Gasteiger partial charge on any atom is 0.387 e. The van der Waals surface area contributed by atoms with Crippen LogP contribution < -0.4 is 15.4 Å². The topological polar surface area (TPSA) is 115 Å². The number of nitrogens with one attached hydrogen (secondary N) is 2. The number of halogens is 3. The number of rotatable bonds is 11. The van der Waals surface area contributed by atoms with Gasteiger partial charge in [-0.05, 0) is 44.9 Å². The third kappa shape index (κ3) is 6.84. The number of hydrogen-bond donors (Lipinski definition) is 2. The molecular formula is C23H32ClF2N5O4S. The Labute approximate surface area is 214 Å². The molecule has 0 bridgehead atoms. The molecule has 2 heterocycles. The fourth-order valence-corrected chi connectivity index (χ4v) is 5.77. The van der Waals surface area contributed by atoms with Crippen LogP contribution in [0, 0.1) is 5.92 Å². The molecule has 13 heteroatoms. The lowest BCUT2D eigenvalue weighted by atomic mass is 9.89. The van der Waals surface area contributed by atoms with Crippen LogP contribution in [0.5, 0.6) is 5.75 Å². The van der Waals surface area contributed by atoms with Crippen molar-refractivity contribution in [1.29, 1.82) is 0 Å². The molecule has 1 saturated carbocycles. The monoisotopic (exact) mass is 547 g/mol. The number of amides is 1. The number of anilines is 1. The van der Waals surface area contributed by atoms with Crippen LogP contribution in [0.25, 0.3) is 11.3 Å². The normalized spacial score (nSPS) is 18.3. The molecule has 1 fully saturated rings. The second-order valence-corrected chi connectivity index (χ2v) is 11.6. The Morgan fingerprint density at radius 2 is 1.97 bits per heavy atom. The van der Waals surface area contributed by atoms with Gasteiger partial charge in [-0.1, -0.05) is 18.5 Å². The minimum Gasteiger partial charge on any atom is -0.434 e. The van der Waals surface area contributed by atoms with Crippen molar-refractivity contribution in [2.45, 2.75) is 64.4 Å². The quantitative estimate of drug-likeness (QED) is 0.429. The van der Waals surface area contributed by atoms with E-state index in [1.54, 1.807) is 6.92 Å². The highest BCUT2D eigenvalue weighted by atomic mass is 35.5. The van der Waals surface area contributed by atoms with E-state index in [9.17, 15) is 22.0 Å². The van der Waals surface area contributed by atoms with E-state index in [-0.39, 0.29) is 38.9 Å². The van der Waals surface area contributed by atoms with Crippen LogP contribution in [0.4, 0.5) is 14.6 Å². The summed E-state index contributed by atoms with van der Waals surface area (Å²) in [6, 6.07) is 1.37. The average Bonchev–Trinajstić information content (AvgIpc) is 3.16. The Morgan fingerprint density at radius 1 is 1.28 bits per heavy atom. The number of aromatic nitrogens is 3. The molecule has 1 amide bonds. The molecule has 36 heavy (non-hydrogen) atoms. The minimum absolute atomic E-state index is 0.00492. The molecule has 1 aliphatic carbocycles. The molecular weight excluding hydrogens is 516 g/mol. The number of sulfone groups is 1. The molecule has 1 aliphatic rings. The number of pyridine rings is 1. The summed E-state index contributed by atoms with van der Waals surface area (Å²) in [5.41, 5.74) is 0.410. The van der Waals surface area contributed by atoms with Gasteiger partial charge in [-0.3, -0.25) is 9.48 Å². The molecule has 0 spiro atoms. The zero-order valence-electron chi connectivity index (χ0n) is 20.6. The van der Waals surface area contributed by atoms with Crippen LogP contribution in [0.3, 0.4) is 0 Å². The summed E-state index contributed by atoms with van der Waals surface area (Å²) >= 11 is 6.56. The van der Waals surface area contributed by atoms with E-state index >= 15 is 0 Å². The highest BCUT2D eigenvalue weighted by Crippen LogP contribution is 2.38. The van der Waals surface area contributed by atoms with E-state index in [0.717, 1.165) is 6.42 Å². The first-order chi connectivity index (χ1) is 17.0. The van der Waals surface area contributed by atoms with Gasteiger partial charge in [0.05, 0.1) is 21.5 Å². The first-order valence-electron chi connectivity index (χ1n) is 12.0. The molecule has 0 aliphatic heterocycles. The van der Waals surface area contributed by atoms with E-state index in [4.69, 9.17) is 16.3 Å². The Kier molecular flexibility index (Phi) is 9.51. The van der Waals surface area contributed by atoms with E-state index < -0.39 is 22.4 Å². The van der Waals surface area contributed by atoms with Gasteiger partial charge >= 0.3 is 6.61 Å². The molecule has 2 aromatic heterocycles. The van der Waals surface area contributed by atoms with E-state index in [0.29, 0.717) is 51.1 Å². The van der Waals surface area contributed by atoms with Crippen molar-refractivity contribution in [3.8, 4) is 17.0 Å². The fraction of sp³-hybridized carbons (Fsp3) is 0.609. The standard InChI is InChI=1S/C23H32ClF2N5O4S/c1-4-10-27-18-11-17(35-23(25)26)16(13-28-18)21-19(24)20(30-31(21)5-2)22(32)29-12-14-6-8-15(9-7-14)36(3,33)34/h11,13-15,23H,4-10,12H2,1-3H3,(H,27,28)(H,29,32). The number of carbonyl (C=O) groups is 1. The number of alkyl halides is 2. The number of ether oxygens (including phenoxy) is 1. The summed E-state index contributed by atoms with van der Waals surface area (Å²) in [6.07, 6.45) is 5.96. The van der Waals surface area contributed by atoms with Crippen LogP contribution in [0.1, 0.15) is 56.4 Å². The van der Waals surface area contributed by atoms with Crippen molar-refractivity contribution in [2.75, 3.05) is 24.7 Å². The largest absolute Gasteiger partial charge is 0.434 e. The Bertz CT molecular complexity index is 1170. The minimum atomic E-state index is -3.07. The predicted octanol–water partition coefficient (Wildman–Crippen LogP) is 4.37. The van der Waals surface area contributed by atoms with Crippen molar-refractivity contribution in [2.24, 2.45) is 5.92 Å². The third-order valence-electron chi connectivity index (χ3n) is 6.25. The van der Waals surface area contributed by atoms with Crippen molar-refractivity contribution >= 4 is 33.2 Å². The molecule has 0 saturated heterocycles. The summed E-state index contributed by atoms with van der Waals surface area (Å²) in [5, 5.41) is 9.84. The second kappa shape index (κ2) is 12.2. The highest BCUT2D eigenvalue weighted by molar-refractivity contribution is 7.91. The second-order valence-electron chi connectivity index (χ2n) is 8.88. The highest BCUT2D eigenvalue weighted by Gasteiger charge is 2.29. The van der Waals surface area contributed by atoms with Crippen LogP contribution in [-0.4, -0.2) is 60.3 Å². The van der Waals surface area contributed by atoms with E-state index in [1.165, 1.54) is 23.2 Å². The third-order valence-corrected chi connectivity index (χ3v) is 8.29. The summed E-state index contributed by atoms with van der Waals surface area (Å²) < 4.78 is 56.0. The lowest BCUT2D eigenvalue weighted by Crippen LogP contribution is -2.34. The first-order valence-corrected chi connectivity index (χ1v) is 14.3. The van der Waals surface area contributed by atoms with Gasteiger partial charge in [0.15, 0.2) is 5.69 Å². The number of carbonyl (C=O) groups excluding carboxylic acids is 1. The zero-order valence-corrected chi connectivity index (χ0v) is 22.1. The fourth-order valence-electron chi connectivity index (χ4n) is 4.31. The average molecular weight is 548 g/mol. The Morgan fingerprint density at radius 3 is 2.56 bits per heavy atom. The van der Waals surface area contributed by atoms with Gasteiger partial charge < -0.3 is 15.4 Å². The van der Waals surface area contributed by atoms with E-state index in [2.05, 4.69) is 20.7 Å². The number of hydrogen-bond acceptors (Lipinski definition) is 7. The van der Waals surface area contributed by atoms with Gasteiger partial charge in [-0.25, -0.2) is 13.4 Å². The predicted molar refractivity (Wildman–Crippen MR) is 134 cm³/mol. The summed E-state index contributed by atoms with van der Waals surface area (Å²) in [5.74, 6) is -0.107. The molecule has 200 valence electrons. The molecule has 2 aromatic rings. The first kappa shape index (κ1) is 28.1. The van der Waals surface area contributed by atoms with Crippen LogP contribution in [0.15, 0.2) is 12.3 Å². The molecule has 0 atom stereocenters. The van der Waals surface area contributed by atoms with Gasteiger partial charge in [0.1, 0.15) is 21.4 Å². The van der Waals surface area contributed by atoms with Crippen LogP contribution in [-0.2, 0) is 16.4 Å². The maximum atomic E-state index is 13.2. The van der Waals surface area contributed by atoms with Crippen molar-refractivity contribution in [3.63, 3.8) is 0 Å². The van der Waals surface area contributed by atoms with Crippen molar-refractivity contribution in [1.82, 2.24) is 20.1 Å². The lowest BCUT2D eigenvalue weighted by molar-refractivity contribution is -0.0494. The summed E-state index contributed by atoms with van der Waals surface area (Å²) in [6.45, 7) is 1.97. The Hall–Kier alpha value is -2.47. The van der Waals surface area contributed by atoms with Crippen LogP contribution in [0.2, 0.25) is 5.02 Å². The van der Waals surface area contributed by atoms with Gasteiger partial charge in [0.25, 0.3) is 5.91 Å². The summed E-state index contributed by atoms with van der Waals surface area (Å²) in [7, 11) is -3.06.